The molecule has 4 aromatic rings. The van der Waals surface area contributed by atoms with Gasteiger partial charge in [-0.3, -0.25) is 0 Å². The van der Waals surface area contributed by atoms with Crippen molar-refractivity contribution in [3.63, 3.8) is 0 Å². The van der Waals surface area contributed by atoms with E-state index in [1.54, 1.807) is 0 Å². The fourth-order valence-corrected chi connectivity index (χ4v) is 12.1. The van der Waals surface area contributed by atoms with Gasteiger partial charge in [0, 0.05) is 11.1 Å². The maximum absolute atomic E-state index is 2.74. The smallest absolute Gasteiger partial charge is 1.00 e. The molecule has 0 radical (unpaired) electrons. The Labute approximate surface area is 267 Å². The van der Waals surface area contributed by atoms with Gasteiger partial charge >= 0.3 is 26.2 Å². The molecule has 0 atom stereocenters. The Kier molecular flexibility index (Phi) is 11.2. The zero-order chi connectivity index (χ0) is 24.5. The first-order chi connectivity index (χ1) is 17.7. The number of fused-ring (bicyclic) bond motifs is 6. The second-order valence-electron chi connectivity index (χ2n) is 10.8. The second-order valence-corrected chi connectivity index (χ2v) is 15.1. The first kappa shape index (κ1) is 31.8. The molecule has 4 heteroatoms. The molecule has 6 rings (SSSR count). The van der Waals surface area contributed by atoms with Crippen LogP contribution in [0.3, 0.4) is 0 Å². The minimum Gasteiger partial charge on any atom is -1.00 e. The number of rotatable bonds is 8. The summed E-state index contributed by atoms with van der Waals surface area (Å²) in [5.74, 6) is 0. The van der Waals surface area contributed by atoms with E-state index in [1.165, 1.54) is 76.6 Å². The van der Waals surface area contributed by atoms with Gasteiger partial charge in [0.25, 0.3) is 0 Å². The van der Waals surface area contributed by atoms with E-state index < -0.39 is 8.07 Å². The molecule has 0 aromatic heterocycles. The molecule has 0 saturated carbocycles. The average molecular weight is 647 g/mol. The average Bonchev–Trinajstić information content (AvgIpc) is 3.45. The summed E-state index contributed by atoms with van der Waals surface area (Å²) < 4.78 is 0. The van der Waals surface area contributed by atoms with Crippen LogP contribution >= 0.6 is 0 Å². The predicted octanol–water partition coefficient (Wildman–Crippen LogP) is 3.84. The predicted molar refractivity (Wildman–Crippen MR) is 157 cm³/mol. The number of halogens is 2. The SMILES string of the molecule is CCCCCCC=C[Si](C)(C1c2ccccc2-c2ccccc21)C1c2ccccc2-c2ccccc21.[Cl-].[Cl-].[Zr+2]. The van der Waals surface area contributed by atoms with Crippen molar-refractivity contribution >= 4 is 8.07 Å². The fraction of sp³-hybridized carbons (Fsp3) is 0.257. The molecule has 0 fully saturated rings. The van der Waals surface area contributed by atoms with Crippen molar-refractivity contribution < 1.29 is 51.0 Å². The van der Waals surface area contributed by atoms with Crippen molar-refractivity contribution in [2.24, 2.45) is 0 Å². The summed E-state index contributed by atoms with van der Waals surface area (Å²) in [6.45, 7) is 4.96. The van der Waals surface area contributed by atoms with Gasteiger partial charge < -0.3 is 24.8 Å². The number of hydrogen-bond acceptors (Lipinski definition) is 0. The summed E-state index contributed by atoms with van der Waals surface area (Å²) in [7, 11) is -2.14. The zero-order valence-corrected chi connectivity index (χ0v) is 27.8. The molecule has 2 aliphatic rings. The Bertz CT molecular complexity index is 1240. The normalized spacial score (nSPS) is 13.5. The van der Waals surface area contributed by atoms with Crippen molar-refractivity contribution in [1.82, 2.24) is 0 Å². The maximum atomic E-state index is 2.74. The van der Waals surface area contributed by atoms with Gasteiger partial charge in [-0.1, -0.05) is 142 Å². The molecule has 39 heavy (non-hydrogen) atoms. The first-order valence-electron chi connectivity index (χ1n) is 13.8. The van der Waals surface area contributed by atoms with Gasteiger partial charge in [-0.15, -0.1) is 0 Å². The van der Waals surface area contributed by atoms with Crippen LogP contribution in [0.15, 0.2) is 109 Å². The molecule has 0 bridgehead atoms. The van der Waals surface area contributed by atoms with Crippen LogP contribution in [0.2, 0.25) is 6.55 Å². The van der Waals surface area contributed by atoms with Gasteiger partial charge in [0.1, 0.15) is 0 Å². The van der Waals surface area contributed by atoms with Gasteiger partial charge in [0.2, 0.25) is 0 Å². The van der Waals surface area contributed by atoms with E-state index in [2.05, 4.69) is 122 Å². The molecule has 0 N–H and O–H groups in total. The Morgan fingerprint density at radius 1 is 0.564 bits per heavy atom. The molecule has 0 aliphatic heterocycles. The van der Waals surface area contributed by atoms with Crippen molar-refractivity contribution in [3.05, 3.63) is 131 Å². The number of hydrogen-bond donors (Lipinski definition) is 0. The van der Waals surface area contributed by atoms with E-state index in [4.69, 9.17) is 0 Å². The van der Waals surface area contributed by atoms with E-state index in [1.807, 2.05) is 0 Å². The van der Waals surface area contributed by atoms with Gasteiger partial charge in [0.05, 0.1) is 8.07 Å². The molecule has 0 amide bonds. The van der Waals surface area contributed by atoms with Gasteiger partial charge in [0.15, 0.2) is 0 Å². The Balaban J connectivity index is 0.00000140. The first-order valence-corrected chi connectivity index (χ1v) is 16.5. The van der Waals surface area contributed by atoms with E-state index in [-0.39, 0.29) is 51.0 Å². The van der Waals surface area contributed by atoms with Crippen LogP contribution in [-0.4, -0.2) is 8.07 Å². The fourth-order valence-electron chi connectivity index (χ4n) is 7.04. The topological polar surface area (TPSA) is 0 Å². The third kappa shape index (κ3) is 5.60. The minimum absolute atomic E-state index is 0. The van der Waals surface area contributed by atoms with Crippen molar-refractivity contribution in [3.8, 4) is 22.3 Å². The number of benzene rings is 4. The molecular formula is C35H36Cl2SiZr. The maximum Gasteiger partial charge on any atom is 2.00 e. The summed E-state index contributed by atoms with van der Waals surface area (Å²) in [6, 6.07) is 36.8. The quantitative estimate of drug-likeness (QED) is 0.202. The van der Waals surface area contributed by atoms with Crippen LogP contribution < -0.4 is 24.8 Å². The molecule has 0 unspecified atom stereocenters. The van der Waals surface area contributed by atoms with E-state index in [0.29, 0.717) is 11.1 Å². The molecule has 0 spiro atoms. The van der Waals surface area contributed by atoms with Crippen LogP contribution in [0.5, 0.6) is 0 Å². The Morgan fingerprint density at radius 2 is 0.923 bits per heavy atom. The standard InChI is InChI=1S/C35H36Si.2ClH.Zr/c1-3-4-5-6-7-16-25-36(2,34-30-21-12-8-17-26(30)27-18-9-13-22-31(27)34)35-32-23-14-10-19-28(32)29-20-11-15-24-33(29)35;;;/h8-25,34-35H,3-7H2,1-2H3;2*1H;/q;;;+2/p-2. The van der Waals surface area contributed by atoms with Gasteiger partial charge in [-0.05, 0) is 57.3 Å². The largest absolute Gasteiger partial charge is 2.00 e. The Hall–Kier alpha value is -1.70. The Morgan fingerprint density at radius 3 is 1.28 bits per heavy atom. The van der Waals surface area contributed by atoms with Crippen molar-refractivity contribution in [1.29, 1.82) is 0 Å². The second kappa shape index (κ2) is 13.8. The van der Waals surface area contributed by atoms with Crippen molar-refractivity contribution in [2.75, 3.05) is 0 Å². The van der Waals surface area contributed by atoms with Crippen LogP contribution in [0.4, 0.5) is 0 Å². The molecule has 0 nitrogen and oxygen atoms in total. The summed E-state index contributed by atoms with van der Waals surface area (Å²) in [4.78, 5) is 0. The van der Waals surface area contributed by atoms with Crippen LogP contribution in [0.25, 0.3) is 22.3 Å². The third-order valence-corrected chi connectivity index (χ3v) is 13.3. The number of allylic oxidation sites excluding steroid dienone is 1. The van der Waals surface area contributed by atoms with Crippen LogP contribution in [0.1, 0.15) is 72.4 Å². The monoisotopic (exact) mass is 644 g/mol. The molecule has 2 aliphatic carbocycles. The van der Waals surface area contributed by atoms with E-state index in [0.717, 1.165) is 0 Å². The minimum atomic E-state index is -2.14. The summed E-state index contributed by atoms with van der Waals surface area (Å²) in [5, 5.41) is 0. The summed E-state index contributed by atoms with van der Waals surface area (Å²) in [6.07, 6.45) is 9.02. The zero-order valence-electron chi connectivity index (χ0n) is 22.8. The molecule has 4 aromatic carbocycles. The summed E-state index contributed by atoms with van der Waals surface area (Å²) >= 11 is 0. The van der Waals surface area contributed by atoms with Crippen LogP contribution in [0, 0.1) is 0 Å². The number of unbranched alkanes of at least 4 members (excludes halogenated alkanes) is 4. The molecule has 0 saturated heterocycles. The van der Waals surface area contributed by atoms with E-state index >= 15 is 0 Å². The van der Waals surface area contributed by atoms with Crippen molar-refractivity contribution in [2.45, 2.75) is 56.7 Å². The van der Waals surface area contributed by atoms with Gasteiger partial charge in [-0.2, -0.15) is 0 Å². The van der Waals surface area contributed by atoms with E-state index in [9.17, 15) is 0 Å². The van der Waals surface area contributed by atoms with Crippen LogP contribution in [-0.2, 0) is 26.2 Å². The summed E-state index contributed by atoms with van der Waals surface area (Å²) in [5.41, 5.74) is 15.5. The van der Waals surface area contributed by atoms with Gasteiger partial charge in [-0.25, -0.2) is 0 Å². The third-order valence-electron chi connectivity index (χ3n) is 8.61. The molecular weight excluding hydrogens is 611 g/mol. The molecule has 198 valence electrons. The molecule has 0 heterocycles.